The Morgan fingerprint density at radius 3 is 2.68 bits per heavy atom. The minimum Gasteiger partial charge on any atom is -0.496 e. The van der Waals surface area contributed by atoms with E-state index < -0.39 is 0 Å². The fourth-order valence-electron chi connectivity index (χ4n) is 3.27. The standard InChI is InChI=1S/C23H23NO3.CH4.H2/c1-16-6-9-23(27-2)19(14-16)4-3-5-21(25)20-15-18(7-8-22(20)26)17-10-12-24-13-11-17;;/h6-7,9-15H,3-5,8H2,1-2H3;1H4;1H. The molecular formula is C24H29NO3. The Morgan fingerprint density at radius 1 is 1.21 bits per heavy atom. The number of pyridine rings is 1. The van der Waals surface area contributed by atoms with Crippen LogP contribution in [0.1, 0.15) is 44.8 Å². The number of nitrogens with zero attached hydrogens (tertiary/aromatic N) is 1. The van der Waals surface area contributed by atoms with E-state index >= 15 is 0 Å². The van der Waals surface area contributed by atoms with Crippen molar-refractivity contribution in [1.82, 2.24) is 4.98 Å². The number of hydrogen-bond acceptors (Lipinski definition) is 4. The molecule has 1 heterocycles. The molecule has 0 unspecified atom stereocenters. The Balaban J connectivity index is 0.00000210. The van der Waals surface area contributed by atoms with Crippen molar-refractivity contribution >= 4 is 17.1 Å². The monoisotopic (exact) mass is 379 g/mol. The first-order valence-corrected chi connectivity index (χ1v) is 9.10. The number of rotatable bonds is 7. The minimum atomic E-state index is -0.106. The van der Waals surface area contributed by atoms with Gasteiger partial charge in [-0.3, -0.25) is 14.6 Å². The number of aromatic nitrogens is 1. The van der Waals surface area contributed by atoms with Crippen molar-refractivity contribution in [2.45, 2.75) is 40.0 Å². The molecule has 1 aromatic heterocycles. The average Bonchev–Trinajstić information content (AvgIpc) is 2.69. The van der Waals surface area contributed by atoms with Gasteiger partial charge < -0.3 is 4.74 Å². The Bertz CT molecular complexity index is 917. The van der Waals surface area contributed by atoms with E-state index in [1.165, 1.54) is 0 Å². The van der Waals surface area contributed by atoms with Crippen molar-refractivity contribution in [3.05, 3.63) is 77.1 Å². The highest BCUT2D eigenvalue weighted by atomic mass is 16.5. The molecule has 0 amide bonds. The SMILES string of the molecule is C.COc1ccc(C)cc1CCCC(=O)C1=CC(c2ccncc2)=CCC1=O.[HH]. The van der Waals surface area contributed by atoms with Crippen LogP contribution >= 0.6 is 0 Å². The molecule has 0 atom stereocenters. The molecule has 2 aromatic rings. The normalized spacial score (nSPS) is 13.3. The number of aryl methyl sites for hydroxylation is 2. The number of benzene rings is 1. The molecule has 28 heavy (non-hydrogen) atoms. The Hall–Kier alpha value is -3.01. The van der Waals surface area contributed by atoms with E-state index in [0.717, 1.165) is 34.4 Å². The summed E-state index contributed by atoms with van der Waals surface area (Å²) >= 11 is 0. The summed E-state index contributed by atoms with van der Waals surface area (Å²) in [5.74, 6) is 0.640. The summed E-state index contributed by atoms with van der Waals surface area (Å²) < 4.78 is 5.39. The first kappa shape index (κ1) is 21.3. The van der Waals surface area contributed by atoms with Gasteiger partial charge in [0.05, 0.1) is 12.7 Å². The minimum absolute atomic E-state index is 0. The second-order valence-corrected chi connectivity index (χ2v) is 6.67. The number of allylic oxidation sites excluding steroid dienone is 4. The van der Waals surface area contributed by atoms with Crippen LogP contribution in [0.2, 0.25) is 0 Å². The second-order valence-electron chi connectivity index (χ2n) is 6.67. The van der Waals surface area contributed by atoms with Crippen LogP contribution in [0.5, 0.6) is 5.75 Å². The van der Waals surface area contributed by atoms with Gasteiger partial charge in [-0.15, -0.1) is 0 Å². The van der Waals surface area contributed by atoms with Crippen LogP contribution in [0.15, 0.2) is 60.5 Å². The number of carbonyl (C=O) groups excluding carboxylic acids is 2. The fourth-order valence-corrected chi connectivity index (χ4v) is 3.27. The highest BCUT2D eigenvalue weighted by Crippen LogP contribution is 2.25. The molecule has 0 aliphatic heterocycles. The number of methoxy groups -OCH3 is 1. The maximum absolute atomic E-state index is 12.6. The Kier molecular flexibility index (Phi) is 7.44. The van der Waals surface area contributed by atoms with Gasteiger partial charge in [0.15, 0.2) is 11.6 Å². The molecule has 0 bridgehead atoms. The lowest BCUT2D eigenvalue weighted by atomic mass is 9.90. The quantitative estimate of drug-likeness (QED) is 0.624. The van der Waals surface area contributed by atoms with E-state index in [-0.39, 0.29) is 26.8 Å². The third-order valence-corrected chi connectivity index (χ3v) is 4.71. The Labute approximate surface area is 168 Å². The molecule has 3 rings (SSSR count). The largest absolute Gasteiger partial charge is 0.496 e. The molecule has 148 valence electrons. The van der Waals surface area contributed by atoms with Crippen LogP contribution in [0.25, 0.3) is 5.57 Å². The van der Waals surface area contributed by atoms with Gasteiger partial charge in [-0.25, -0.2) is 0 Å². The fraction of sp³-hybridized carbons (Fsp3) is 0.292. The van der Waals surface area contributed by atoms with Crippen LogP contribution in [-0.2, 0) is 16.0 Å². The maximum atomic E-state index is 12.6. The van der Waals surface area contributed by atoms with Gasteiger partial charge in [0, 0.05) is 26.7 Å². The summed E-state index contributed by atoms with van der Waals surface area (Å²) in [6.45, 7) is 2.03. The lowest BCUT2D eigenvalue weighted by Crippen LogP contribution is -2.15. The van der Waals surface area contributed by atoms with Gasteiger partial charge in [-0.1, -0.05) is 31.2 Å². The molecule has 0 radical (unpaired) electrons. The summed E-state index contributed by atoms with van der Waals surface area (Å²) in [6.07, 6.45) is 9.03. The highest BCUT2D eigenvalue weighted by molar-refractivity contribution is 6.23. The van der Waals surface area contributed by atoms with Gasteiger partial charge >= 0.3 is 0 Å². The van der Waals surface area contributed by atoms with E-state index in [1.54, 1.807) is 25.6 Å². The summed E-state index contributed by atoms with van der Waals surface area (Å²) in [5.41, 5.74) is 4.43. The highest BCUT2D eigenvalue weighted by Gasteiger charge is 2.21. The molecule has 0 spiro atoms. The Morgan fingerprint density at radius 2 is 1.96 bits per heavy atom. The first-order valence-electron chi connectivity index (χ1n) is 9.10. The van der Waals surface area contributed by atoms with Crippen LogP contribution in [0.4, 0.5) is 0 Å². The maximum Gasteiger partial charge on any atom is 0.170 e. The number of Topliss-reactive ketones (excluding diaryl/α,β-unsaturated/α-hetero) is 2. The summed E-state index contributed by atoms with van der Waals surface area (Å²) in [6, 6.07) is 9.80. The van der Waals surface area contributed by atoms with E-state index in [4.69, 9.17) is 4.74 Å². The smallest absolute Gasteiger partial charge is 0.170 e. The van der Waals surface area contributed by atoms with E-state index in [9.17, 15) is 9.59 Å². The number of ketones is 2. The number of carbonyl (C=O) groups is 2. The molecule has 4 nitrogen and oxygen atoms in total. The lowest BCUT2D eigenvalue weighted by Gasteiger charge is -2.13. The third kappa shape index (κ3) is 5.03. The van der Waals surface area contributed by atoms with Crippen LogP contribution in [0, 0.1) is 6.92 Å². The lowest BCUT2D eigenvalue weighted by molar-refractivity contribution is -0.121. The van der Waals surface area contributed by atoms with Crippen molar-refractivity contribution in [2.75, 3.05) is 7.11 Å². The zero-order valence-electron chi connectivity index (χ0n) is 15.7. The van der Waals surface area contributed by atoms with Gasteiger partial charge in [0.25, 0.3) is 0 Å². The van der Waals surface area contributed by atoms with E-state index in [2.05, 4.69) is 11.1 Å². The van der Waals surface area contributed by atoms with Crippen LogP contribution in [0.3, 0.4) is 0 Å². The summed E-state index contributed by atoms with van der Waals surface area (Å²) in [7, 11) is 1.65. The molecule has 0 N–H and O–H groups in total. The topological polar surface area (TPSA) is 56.3 Å². The molecule has 1 aliphatic rings. The average molecular weight is 380 g/mol. The van der Waals surface area contributed by atoms with Crippen molar-refractivity contribution < 1.29 is 15.8 Å². The first-order chi connectivity index (χ1) is 13.1. The zero-order chi connectivity index (χ0) is 19.2. The molecule has 0 fully saturated rings. The van der Waals surface area contributed by atoms with Crippen LogP contribution < -0.4 is 4.74 Å². The molecule has 4 heteroatoms. The van der Waals surface area contributed by atoms with Gasteiger partial charge in [-0.05, 0) is 60.7 Å². The molecule has 1 aliphatic carbocycles. The van der Waals surface area contributed by atoms with E-state index in [0.29, 0.717) is 18.4 Å². The van der Waals surface area contributed by atoms with Crippen molar-refractivity contribution in [1.29, 1.82) is 0 Å². The third-order valence-electron chi connectivity index (χ3n) is 4.71. The van der Waals surface area contributed by atoms with Crippen molar-refractivity contribution in [3.8, 4) is 5.75 Å². The molecular weight excluding hydrogens is 350 g/mol. The van der Waals surface area contributed by atoms with Crippen LogP contribution in [-0.4, -0.2) is 23.7 Å². The van der Waals surface area contributed by atoms with Crippen molar-refractivity contribution in [3.63, 3.8) is 0 Å². The summed E-state index contributed by atoms with van der Waals surface area (Å²) in [5, 5.41) is 0. The second kappa shape index (κ2) is 9.79. The van der Waals surface area contributed by atoms with Gasteiger partial charge in [-0.2, -0.15) is 0 Å². The van der Waals surface area contributed by atoms with Crippen molar-refractivity contribution in [2.24, 2.45) is 0 Å². The predicted octanol–water partition coefficient (Wildman–Crippen LogP) is 5.16. The molecule has 0 saturated heterocycles. The van der Waals surface area contributed by atoms with E-state index in [1.807, 2.05) is 37.3 Å². The van der Waals surface area contributed by atoms with Gasteiger partial charge in [0.2, 0.25) is 0 Å². The molecule has 0 saturated carbocycles. The molecule has 1 aromatic carbocycles. The number of hydrogen-bond donors (Lipinski definition) is 0. The predicted molar refractivity (Wildman–Crippen MR) is 114 cm³/mol. The number of ether oxygens (including phenoxy) is 1. The van der Waals surface area contributed by atoms with Gasteiger partial charge in [0.1, 0.15) is 5.75 Å². The zero-order valence-corrected chi connectivity index (χ0v) is 15.7. The summed E-state index contributed by atoms with van der Waals surface area (Å²) in [4.78, 5) is 28.9.